The molecule has 0 saturated heterocycles. The minimum Gasteiger partial charge on any atom is -0.352 e. The van der Waals surface area contributed by atoms with Gasteiger partial charge in [0.1, 0.15) is 0 Å². The van der Waals surface area contributed by atoms with Crippen LogP contribution in [0.25, 0.3) is 0 Å². The van der Waals surface area contributed by atoms with Gasteiger partial charge in [0.15, 0.2) is 0 Å². The number of rotatable bonds is 6. The van der Waals surface area contributed by atoms with Crippen LogP contribution < -0.4 is 16.4 Å². The molecule has 25 heavy (non-hydrogen) atoms. The average Bonchev–Trinajstić information content (AvgIpc) is 2.57. The molecule has 4 N–H and O–H groups in total. The number of benzene rings is 2. The molecule has 0 bridgehead atoms. The number of carbonyl (C=O) groups is 2. The van der Waals surface area contributed by atoms with Crippen molar-refractivity contribution < 1.29 is 9.59 Å². The third-order valence-electron chi connectivity index (χ3n) is 3.74. The van der Waals surface area contributed by atoms with E-state index in [-0.39, 0.29) is 36.7 Å². The lowest BCUT2D eigenvalue weighted by Gasteiger charge is -2.14. The fourth-order valence-corrected chi connectivity index (χ4v) is 2.38. The van der Waals surface area contributed by atoms with Gasteiger partial charge < -0.3 is 16.4 Å². The summed E-state index contributed by atoms with van der Waals surface area (Å²) in [6, 6.07) is 14.4. The van der Waals surface area contributed by atoms with Crippen LogP contribution >= 0.6 is 12.4 Å². The summed E-state index contributed by atoms with van der Waals surface area (Å²) < 4.78 is 0. The van der Waals surface area contributed by atoms with Gasteiger partial charge >= 0.3 is 0 Å². The Morgan fingerprint density at radius 1 is 1.12 bits per heavy atom. The Morgan fingerprint density at radius 2 is 1.80 bits per heavy atom. The molecule has 0 fully saturated rings. The van der Waals surface area contributed by atoms with E-state index in [9.17, 15) is 9.59 Å². The number of aryl methyl sites for hydroxylation is 1. The normalized spacial score (nSPS) is 11.2. The second kappa shape index (κ2) is 9.81. The predicted molar refractivity (Wildman–Crippen MR) is 103 cm³/mol. The maximum Gasteiger partial charge on any atom is 0.251 e. The standard InChI is InChI=1S/C19H23N3O2.ClH/c1-3-21-19(24)15-10-9-13(2)17(11-15)22-18(23)12-16(20)14-7-5-4-6-8-14;/h4-11,16H,3,12,20H2,1-2H3,(H,21,24)(H,22,23);1H. The molecule has 2 amide bonds. The van der Waals surface area contributed by atoms with E-state index in [0.29, 0.717) is 17.8 Å². The van der Waals surface area contributed by atoms with E-state index in [1.807, 2.05) is 50.2 Å². The molecular weight excluding hydrogens is 338 g/mol. The number of hydrogen-bond donors (Lipinski definition) is 3. The van der Waals surface area contributed by atoms with Crippen LogP contribution in [0.2, 0.25) is 0 Å². The Hall–Kier alpha value is -2.37. The van der Waals surface area contributed by atoms with Crippen molar-refractivity contribution in [1.82, 2.24) is 5.32 Å². The quantitative estimate of drug-likeness (QED) is 0.738. The van der Waals surface area contributed by atoms with Crippen LogP contribution in [0.5, 0.6) is 0 Å². The first-order valence-electron chi connectivity index (χ1n) is 8.00. The van der Waals surface area contributed by atoms with Gasteiger partial charge in [-0.05, 0) is 37.1 Å². The number of amides is 2. The summed E-state index contributed by atoms with van der Waals surface area (Å²) in [5.74, 6) is -0.337. The fraction of sp³-hybridized carbons (Fsp3) is 0.263. The maximum absolute atomic E-state index is 12.3. The molecule has 5 nitrogen and oxygen atoms in total. The molecule has 2 aromatic rings. The van der Waals surface area contributed by atoms with E-state index in [1.54, 1.807) is 12.1 Å². The molecule has 134 valence electrons. The van der Waals surface area contributed by atoms with Crippen LogP contribution in [0, 0.1) is 6.92 Å². The Kier molecular flexibility index (Phi) is 8.11. The molecule has 2 rings (SSSR count). The molecule has 0 spiro atoms. The van der Waals surface area contributed by atoms with Crippen LogP contribution in [0.4, 0.5) is 5.69 Å². The first-order chi connectivity index (χ1) is 11.5. The zero-order chi connectivity index (χ0) is 17.5. The molecule has 0 aliphatic rings. The van der Waals surface area contributed by atoms with Crippen molar-refractivity contribution in [3.05, 3.63) is 65.2 Å². The monoisotopic (exact) mass is 361 g/mol. The Bertz CT molecular complexity index is 720. The number of nitrogens with two attached hydrogens (primary N) is 1. The molecule has 0 aromatic heterocycles. The maximum atomic E-state index is 12.3. The smallest absolute Gasteiger partial charge is 0.251 e. The van der Waals surface area contributed by atoms with Crippen LogP contribution in [-0.2, 0) is 4.79 Å². The Morgan fingerprint density at radius 3 is 2.44 bits per heavy atom. The molecule has 0 saturated carbocycles. The molecule has 1 unspecified atom stereocenters. The van der Waals surface area contributed by atoms with Crippen LogP contribution in [0.15, 0.2) is 48.5 Å². The van der Waals surface area contributed by atoms with Crippen molar-refractivity contribution >= 4 is 29.9 Å². The molecule has 2 aromatic carbocycles. The third-order valence-corrected chi connectivity index (χ3v) is 3.74. The summed E-state index contributed by atoms with van der Waals surface area (Å²) >= 11 is 0. The second-order valence-electron chi connectivity index (χ2n) is 5.66. The second-order valence-corrected chi connectivity index (χ2v) is 5.66. The fourth-order valence-electron chi connectivity index (χ4n) is 2.38. The molecule has 0 heterocycles. The topological polar surface area (TPSA) is 84.2 Å². The highest BCUT2D eigenvalue weighted by atomic mass is 35.5. The summed E-state index contributed by atoms with van der Waals surface area (Å²) in [6.07, 6.45) is 0.175. The van der Waals surface area contributed by atoms with Crippen molar-refractivity contribution in [3.8, 4) is 0 Å². The highest BCUT2D eigenvalue weighted by Gasteiger charge is 2.13. The Balaban J connectivity index is 0.00000312. The van der Waals surface area contributed by atoms with Gasteiger partial charge in [-0.1, -0.05) is 36.4 Å². The highest BCUT2D eigenvalue weighted by molar-refractivity contribution is 5.97. The summed E-state index contributed by atoms with van der Waals surface area (Å²) in [5, 5.41) is 5.59. The first-order valence-corrected chi connectivity index (χ1v) is 8.00. The summed E-state index contributed by atoms with van der Waals surface area (Å²) in [4.78, 5) is 24.2. The summed E-state index contributed by atoms with van der Waals surface area (Å²) in [6.45, 7) is 4.30. The van der Waals surface area contributed by atoms with Crippen molar-refractivity contribution in [2.45, 2.75) is 26.3 Å². The molecular formula is C19H24ClN3O2. The molecule has 6 heteroatoms. The van der Waals surface area contributed by atoms with E-state index >= 15 is 0 Å². The van der Waals surface area contributed by atoms with Crippen molar-refractivity contribution in [2.24, 2.45) is 5.73 Å². The van der Waals surface area contributed by atoms with Crippen LogP contribution in [0.3, 0.4) is 0 Å². The van der Waals surface area contributed by atoms with Gasteiger partial charge in [0.25, 0.3) is 5.91 Å². The summed E-state index contributed by atoms with van der Waals surface area (Å²) in [7, 11) is 0. The largest absolute Gasteiger partial charge is 0.352 e. The zero-order valence-electron chi connectivity index (χ0n) is 14.4. The van der Waals surface area contributed by atoms with Gasteiger partial charge in [0.2, 0.25) is 5.91 Å². The molecule has 1 atom stereocenters. The highest BCUT2D eigenvalue weighted by Crippen LogP contribution is 2.19. The van der Waals surface area contributed by atoms with Gasteiger partial charge in [-0.2, -0.15) is 0 Å². The number of anilines is 1. The van der Waals surface area contributed by atoms with Crippen molar-refractivity contribution in [2.75, 3.05) is 11.9 Å². The number of nitrogens with one attached hydrogen (secondary N) is 2. The number of carbonyl (C=O) groups excluding carboxylic acids is 2. The van der Waals surface area contributed by atoms with E-state index < -0.39 is 0 Å². The van der Waals surface area contributed by atoms with Gasteiger partial charge in [-0.25, -0.2) is 0 Å². The minimum absolute atomic E-state index is 0. The zero-order valence-corrected chi connectivity index (χ0v) is 15.2. The van der Waals surface area contributed by atoms with E-state index in [2.05, 4.69) is 10.6 Å². The van der Waals surface area contributed by atoms with Crippen molar-refractivity contribution in [3.63, 3.8) is 0 Å². The number of halogens is 1. The Labute approximate surface area is 154 Å². The van der Waals surface area contributed by atoms with E-state index in [4.69, 9.17) is 5.73 Å². The first kappa shape index (κ1) is 20.7. The van der Waals surface area contributed by atoms with Crippen molar-refractivity contribution in [1.29, 1.82) is 0 Å². The summed E-state index contributed by atoms with van der Waals surface area (Å²) in [5.41, 5.74) is 9.04. The van der Waals surface area contributed by atoms with E-state index in [0.717, 1.165) is 11.1 Å². The van der Waals surface area contributed by atoms with Gasteiger partial charge in [-0.15, -0.1) is 12.4 Å². The van der Waals surface area contributed by atoms with Crippen LogP contribution in [0.1, 0.15) is 40.9 Å². The SMILES string of the molecule is CCNC(=O)c1ccc(C)c(NC(=O)CC(N)c2ccccc2)c1.Cl. The lowest BCUT2D eigenvalue weighted by Crippen LogP contribution is -2.23. The average molecular weight is 362 g/mol. The minimum atomic E-state index is -0.363. The molecule has 0 radical (unpaired) electrons. The molecule has 0 aliphatic carbocycles. The van der Waals surface area contributed by atoms with Crippen LogP contribution in [-0.4, -0.2) is 18.4 Å². The lowest BCUT2D eigenvalue weighted by atomic mass is 10.0. The van der Waals surface area contributed by atoms with Gasteiger partial charge in [0.05, 0.1) is 0 Å². The lowest BCUT2D eigenvalue weighted by molar-refractivity contribution is -0.116. The predicted octanol–water partition coefficient (Wildman–Crippen LogP) is 3.20. The van der Waals surface area contributed by atoms with Gasteiger partial charge in [0, 0.05) is 30.3 Å². The third kappa shape index (κ3) is 5.89. The molecule has 0 aliphatic heterocycles. The van der Waals surface area contributed by atoms with E-state index in [1.165, 1.54) is 0 Å². The van der Waals surface area contributed by atoms with Gasteiger partial charge in [-0.3, -0.25) is 9.59 Å². The number of hydrogen-bond acceptors (Lipinski definition) is 3.